The molecule has 0 saturated heterocycles. The van der Waals surface area contributed by atoms with Crippen LogP contribution in [0.25, 0.3) is 0 Å². The van der Waals surface area contributed by atoms with Gasteiger partial charge in [0.2, 0.25) is 0 Å². The van der Waals surface area contributed by atoms with Crippen molar-refractivity contribution in [3.63, 3.8) is 0 Å². The molecule has 3 heteroatoms. The average Bonchev–Trinajstić information content (AvgIpc) is 2.61. The summed E-state index contributed by atoms with van der Waals surface area (Å²) in [7, 11) is 0. The van der Waals surface area contributed by atoms with Crippen LogP contribution in [0.5, 0.6) is 0 Å². The second-order valence-corrected chi connectivity index (χ2v) is 6.87. The van der Waals surface area contributed by atoms with Crippen molar-refractivity contribution in [3.8, 4) is 0 Å². The lowest BCUT2D eigenvalue weighted by Gasteiger charge is -2.21. The van der Waals surface area contributed by atoms with Gasteiger partial charge in [-0.15, -0.1) is 0 Å². The Balaban J connectivity index is 2.79. The summed E-state index contributed by atoms with van der Waals surface area (Å²) in [5.74, 6) is -0.0277. The molecule has 0 N–H and O–H groups in total. The Morgan fingerprint density at radius 3 is 2.25 bits per heavy atom. The third-order valence-corrected chi connectivity index (χ3v) is 4.36. The highest BCUT2D eigenvalue weighted by Crippen LogP contribution is 2.36. The van der Waals surface area contributed by atoms with Gasteiger partial charge in [-0.1, -0.05) is 41.0 Å². The average molecular weight is 280 g/mol. The Labute approximate surface area is 122 Å². The van der Waals surface area contributed by atoms with E-state index in [-0.39, 0.29) is 35.1 Å². The van der Waals surface area contributed by atoms with E-state index in [0.29, 0.717) is 18.8 Å². The molecule has 1 rings (SSSR count). The molecule has 1 saturated carbocycles. The topological polar surface area (TPSA) is 51.2 Å². The standard InChI is InChI=1S/C17H28O3/c1-6-12(8-14(18)11(4)5)16-15(19)9-13(17(16)20)7-10(2)3/h10-13,16H,6-9H2,1-5H3. The van der Waals surface area contributed by atoms with Crippen molar-refractivity contribution in [1.29, 1.82) is 0 Å². The zero-order valence-electron chi connectivity index (χ0n) is 13.4. The molecular weight excluding hydrogens is 252 g/mol. The lowest BCUT2D eigenvalue weighted by atomic mass is 9.81. The van der Waals surface area contributed by atoms with Crippen molar-refractivity contribution >= 4 is 17.3 Å². The zero-order chi connectivity index (χ0) is 15.4. The summed E-state index contributed by atoms with van der Waals surface area (Å²) in [6.07, 6.45) is 2.25. The molecule has 1 fully saturated rings. The quantitative estimate of drug-likeness (QED) is 0.671. The number of carbonyl (C=O) groups excluding carboxylic acids is 3. The largest absolute Gasteiger partial charge is 0.299 e. The van der Waals surface area contributed by atoms with Crippen molar-refractivity contribution in [3.05, 3.63) is 0 Å². The predicted molar refractivity (Wildman–Crippen MR) is 79.3 cm³/mol. The van der Waals surface area contributed by atoms with Crippen molar-refractivity contribution in [2.45, 2.75) is 60.3 Å². The number of hydrogen-bond acceptors (Lipinski definition) is 3. The maximum Gasteiger partial charge on any atom is 0.147 e. The number of Topliss-reactive ketones (excluding diaryl/α,β-unsaturated/α-hetero) is 3. The molecule has 0 bridgehead atoms. The Kier molecular flexibility index (Phi) is 6.09. The van der Waals surface area contributed by atoms with Crippen LogP contribution in [0.1, 0.15) is 60.3 Å². The van der Waals surface area contributed by atoms with Crippen LogP contribution in [0.2, 0.25) is 0 Å². The van der Waals surface area contributed by atoms with E-state index in [0.717, 1.165) is 12.8 Å². The van der Waals surface area contributed by atoms with Crippen LogP contribution in [0, 0.1) is 29.6 Å². The van der Waals surface area contributed by atoms with Gasteiger partial charge >= 0.3 is 0 Å². The number of ketones is 3. The molecule has 3 nitrogen and oxygen atoms in total. The van der Waals surface area contributed by atoms with Crippen LogP contribution in [0.15, 0.2) is 0 Å². The Hall–Kier alpha value is -0.990. The molecule has 114 valence electrons. The van der Waals surface area contributed by atoms with E-state index in [2.05, 4.69) is 13.8 Å². The Morgan fingerprint density at radius 1 is 1.20 bits per heavy atom. The fraction of sp³-hybridized carbons (Fsp3) is 0.824. The molecule has 1 aliphatic rings. The lowest BCUT2D eigenvalue weighted by molar-refractivity contribution is -0.131. The fourth-order valence-corrected chi connectivity index (χ4v) is 3.14. The molecular formula is C17H28O3. The zero-order valence-corrected chi connectivity index (χ0v) is 13.4. The third kappa shape index (κ3) is 4.00. The van der Waals surface area contributed by atoms with Gasteiger partial charge < -0.3 is 0 Å². The van der Waals surface area contributed by atoms with Crippen LogP contribution in [-0.4, -0.2) is 17.3 Å². The van der Waals surface area contributed by atoms with E-state index < -0.39 is 5.92 Å². The van der Waals surface area contributed by atoms with E-state index in [4.69, 9.17) is 0 Å². The first-order chi connectivity index (χ1) is 9.27. The summed E-state index contributed by atoms with van der Waals surface area (Å²) in [5.41, 5.74) is 0. The van der Waals surface area contributed by atoms with Crippen molar-refractivity contribution < 1.29 is 14.4 Å². The van der Waals surface area contributed by atoms with Gasteiger partial charge in [0.25, 0.3) is 0 Å². The van der Waals surface area contributed by atoms with Crippen LogP contribution in [0.4, 0.5) is 0 Å². The van der Waals surface area contributed by atoms with Gasteiger partial charge in [0.05, 0.1) is 5.92 Å². The summed E-state index contributed by atoms with van der Waals surface area (Å²) in [4.78, 5) is 36.6. The van der Waals surface area contributed by atoms with Crippen LogP contribution < -0.4 is 0 Å². The van der Waals surface area contributed by atoms with Gasteiger partial charge in [0.1, 0.15) is 17.3 Å². The minimum absolute atomic E-state index is 0.0258. The van der Waals surface area contributed by atoms with Gasteiger partial charge in [-0.25, -0.2) is 0 Å². The van der Waals surface area contributed by atoms with Crippen LogP contribution in [-0.2, 0) is 14.4 Å². The third-order valence-electron chi connectivity index (χ3n) is 4.36. The first-order valence-electron chi connectivity index (χ1n) is 7.87. The van der Waals surface area contributed by atoms with E-state index in [9.17, 15) is 14.4 Å². The summed E-state index contributed by atoms with van der Waals surface area (Å²) < 4.78 is 0. The molecule has 20 heavy (non-hydrogen) atoms. The first kappa shape index (κ1) is 17.1. The molecule has 0 heterocycles. The molecule has 1 aliphatic carbocycles. The number of carbonyl (C=O) groups is 3. The SMILES string of the molecule is CCC(CC(=O)C(C)C)C1C(=O)CC(CC(C)C)C1=O. The molecule has 0 radical (unpaired) electrons. The monoisotopic (exact) mass is 280 g/mol. The van der Waals surface area contributed by atoms with Gasteiger partial charge in [-0.3, -0.25) is 14.4 Å². The van der Waals surface area contributed by atoms with E-state index in [1.807, 2.05) is 20.8 Å². The highest BCUT2D eigenvalue weighted by Gasteiger charge is 2.44. The smallest absolute Gasteiger partial charge is 0.147 e. The number of rotatable bonds is 7. The van der Waals surface area contributed by atoms with Gasteiger partial charge in [-0.05, 0) is 18.3 Å². The van der Waals surface area contributed by atoms with E-state index >= 15 is 0 Å². The number of hydrogen-bond donors (Lipinski definition) is 0. The molecule has 0 aromatic heterocycles. The minimum Gasteiger partial charge on any atom is -0.299 e. The Morgan fingerprint density at radius 2 is 1.80 bits per heavy atom. The molecule has 0 aromatic carbocycles. The summed E-state index contributed by atoms with van der Waals surface area (Å²) in [5, 5.41) is 0. The molecule has 0 spiro atoms. The highest BCUT2D eigenvalue weighted by molar-refractivity contribution is 6.10. The lowest BCUT2D eigenvalue weighted by Crippen LogP contribution is -2.29. The summed E-state index contributed by atoms with van der Waals surface area (Å²) in [6.45, 7) is 9.85. The maximum absolute atomic E-state index is 12.5. The van der Waals surface area contributed by atoms with Crippen LogP contribution in [0.3, 0.4) is 0 Å². The first-order valence-corrected chi connectivity index (χ1v) is 7.87. The van der Waals surface area contributed by atoms with Crippen molar-refractivity contribution in [1.82, 2.24) is 0 Å². The van der Waals surface area contributed by atoms with Crippen molar-refractivity contribution in [2.75, 3.05) is 0 Å². The Bertz CT molecular complexity index is 382. The normalized spacial score (nSPS) is 24.8. The second kappa shape index (κ2) is 7.14. The van der Waals surface area contributed by atoms with E-state index in [1.54, 1.807) is 0 Å². The summed E-state index contributed by atoms with van der Waals surface area (Å²) in [6, 6.07) is 0. The molecule has 0 aliphatic heterocycles. The van der Waals surface area contributed by atoms with Gasteiger partial charge in [-0.2, -0.15) is 0 Å². The van der Waals surface area contributed by atoms with E-state index in [1.165, 1.54) is 0 Å². The van der Waals surface area contributed by atoms with Gasteiger partial charge in [0, 0.05) is 24.7 Å². The maximum atomic E-state index is 12.5. The predicted octanol–water partition coefficient (Wildman–Crippen LogP) is 3.45. The second-order valence-electron chi connectivity index (χ2n) is 6.87. The minimum atomic E-state index is -0.522. The highest BCUT2D eigenvalue weighted by atomic mass is 16.2. The van der Waals surface area contributed by atoms with Crippen LogP contribution >= 0.6 is 0 Å². The molecule has 3 atom stereocenters. The van der Waals surface area contributed by atoms with Gasteiger partial charge in [0.15, 0.2) is 0 Å². The molecule has 3 unspecified atom stereocenters. The molecule has 0 amide bonds. The fourth-order valence-electron chi connectivity index (χ4n) is 3.14. The molecule has 0 aromatic rings. The summed E-state index contributed by atoms with van der Waals surface area (Å²) >= 11 is 0. The van der Waals surface area contributed by atoms with Crippen molar-refractivity contribution in [2.24, 2.45) is 29.6 Å².